The maximum Gasteiger partial charge on any atom is 0.305 e. The highest BCUT2D eigenvalue weighted by Gasteiger charge is 2.18. The van der Waals surface area contributed by atoms with E-state index in [2.05, 4.69) is 31.3 Å². The Morgan fingerprint density at radius 1 is 0.422 bits per heavy atom. The number of nitrogens with one attached hydrogen (secondary N) is 1. The van der Waals surface area contributed by atoms with Crippen LogP contribution in [0.3, 0.4) is 0 Å². The number of aliphatic hydroxyl groups excluding tert-OH is 2. The fourth-order valence-corrected chi connectivity index (χ4v) is 8.81. The molecule has 0 aromatic rings. The van der Waals surface area contributed by atoms with Crippen molar-refractivity contribution in [1.82, 2.24) is 5.32 Å². The van der Waals surface area contributed by atoms with Crippen LogP contribution in [-0.4, -0.2) is 47.4 Å². The fraction of sp³-hybridized carbons (Fsp3) is 0.897. The average molecular weight is 903 g/mol. The Labute approximate surface area is 399 Å². The van der Waals surface area contributed by atoms with Crippen LogP contribution in [0.25, 0.3) is 0 Å². The van der Waals surface area contributed by atoms with Gasteiger partial charge in [-0.15, -0.1) is 0 Å². The lowest BCUT2D eigenvalue weighted by Gasteiger charge is -2.20. The van der Waals surface area contributed by atoms with Crippen LogP contribution in [0.4, 0.5) is 0 Å². The van der Waals surface area contributed by atoms with Crippen LogP contribution < -0.4 is 5.32 Å². The molecule has 0 aromatic carbocycles. The molecule has 0 spiro atoms. The summed E-state index contributed by atoms with van der Waals surface area (Å²) in [5.41, 5.74) is 0. The number of carbonyl (C=O) groups excluding carboxylic acids is 2. The highest BCUT2D eigenvalue weighted by Crippen LogP contribution is 2.17. The number of hydrogen-bond donors (Lipinski definition) is 3. The Balaban J connectivity index is 3.40. The lowest BCUT2D eigenvalue weighted by Crippen LogP contribution is -2.45. The van der Waals surface area contributed by atoms with Crippen LogP contribution >= 0.6 is 0 Å². The molecule has 0 radical (unpaired) electrons. The highest BCUT2D eigenvalue weighted by atomic mass is 16.5. The van der Waals surface area contributed by atoms with E-state index >= 15 is 0 Å². The van der Waals surface area contributed by atoms with Crippen molar-refractivity contribution in [3.63, 3.8) is 0 Å². The molecule has 0 saturated heterocycles. The average Bonchev–Trinajstić information content (AvgIpc) is 3.29. The Hall–Kier alpha value is -1.66. The number of aliphatic hydroxyl groups is 2. The summed E-state index contributed by atoms with van der Waals surface area (Å²) in [5, 5.41) is 23.1. The van der Waals surface area contributed by atoms with E-state index < -0.39 is 12.1 Å². The monoisotopic (exact) mass is 902 g/mol. The number of carbonyl (C=O) groups is 2. The third-order valence-electron chi connectivity index (χ3n) is 13.2. The third kappa shape index (κ3) is 49.8. The second-order valence-electron chi connectivity index (χ2n) is 19.6. The lowest BCUT2D eigenvalue weighted by molar-refractivity contribution is -0.143. The summed E-state index contributed by atoms with van der Waals surface area (Å²) < 4.78 is 5.46. The first-order chi connectivity index (χ1) is 31.5. The second kappa shape index (κ2) is 54.0. The van der Waals surface area contributed by atoms with Gasteiger partial charge in [-0.25, -0.2) is 0 Å². The molecular weight excluding hydrogens is 791 g/mol. The number of ether oxygens (including phenoxy) is 1. The molecule has 0 heterocycles. The normalized spacial score (nSPS) is 12.8. The zero-order chi connectivity index (χ0) is 46.5. The Morgan fingerprint density at radius 3 is 1.14 bits per heavy atom. The highest BCUT2D eigenvalue weighted by molar-refractivity contribution is 5.76. The predicted molar refractivity (Wildman–Crippen MR) is 278 cm³/mol. The van der Waals surface area contributed by atoms with Crippen molar-refractivity contribution >= 4 is 11.9 Å². The minimum Gasteiger partial charge on any atom is -0.466 e. The second-order valence-corrected chi connectivity index (χ2v) is 19.6. The van der Waals surface area contributed by atoms with Gasteiger partial charge in [0.05, 0.1) is 25.4 Å². The van der Waals surface area contributed by atoms with E-state index in [1.165, 1.54) is 238 Å². The summed E-state index contributed by atoms with van der Waals surface area (Å²) in [5.74, 6) is -0.0654. The third-order valence-corrected chi connectivity index (χ3v) is 13.2. The summed E-state index contributed by atoms with van der Waals surface area (Å²) >= 11 is 0. The van der Waals surface area contributed by atoms with Crippen molar-refractivity contribution in [1.29, 1.82) is 0 Å². The van der Waals surface area contributed by atoms with Crippen LogP contribution in [-0.2, 0) is 14.3 Å². The first-order valence-corrected chi connectivity index (χ1v) is 28.6. The Morgan fingerprint density at radius 2 is 0.734 bits per heavy atom. The standard InChI is InChI=1S/C58H111NO5/c1-3-5-7-9-11-13-15-27-30-34-38-42-46-50-56(61)55(54-60)59-57(62)51-47-43-39-35-31-28-25-23-21-19-17-18-20-22-24-26-29-33-37-41-45-49-53-64-58(63)52-48-44-40-36-32-16-14-12-10-8-6-4-2/h12,14,46,50,55-56,60-61H,3-11,13,15-45,47-49,51-54H2,1-2H3,(H,59,62)/b14-12-,50-46+. The summed E-state index contributed by atoms with van der Waals surface area (Å²) in [4.78, 5) is 24.4. The molecule has 2 atom stereocenters. The van der Waals surface area contributed by atoms with E-state index in [9.17, 15) is 19.8 Å². The van der Waals surface area contributed by atoms with E-state index in [0.29, 0.717) is 19.4 Å². The molecule has 6 heteroatoms. The molecule has 0 aromatic heterocycles. The first kappa shape index (κ1) is 62.3. The van der Waals surface area contributed by atoms with Gasteiger partial charge in [-0.1, -0.05) is 263 Å². The number of hydrogen-bond acceptors (Lipinski definition) is 5. The SMILES string of the molecule is CCCCC/C=C\CCCCCCCC(=O)OCCCCCCCCCCCCCCCCCCCCCCCCC(=O)NC(CO)C(O)/C=C/CCCCCCCCCCCCC. The van der Waals surface area contributed by atoms with Gasteiger partial charge in [-0.05, 0) is 57.8 Å². The maximum absolute atomic E-state index is 12.4. The number of rotatable bonds is 53. The molecule has 378 valence electrons. The topological polar surface area (TPSA) is 95.9 Å². The quantitative estimate of drug-likeness (QED) is 0.0321. The van der Waals surface area contributed by atoms with E-state index in [4.69, 9.17) is 4.74 Å². The molecule has 0 aliphatic rings. The summed E-state index contributed by atoms with van der Waals surface area (Å²) in [7, 11) is 0. The summed E-state index contributed by atoms with van der Waals surface area (Å²) in [6.07, 6.45) is 64.9. The Bertz CT molecular complexity index is 997. The molecule has 6 nitrogen and oxygen atoms in total. The lowest BCUT2D eigenvalue weighted by atomic mass is 10.0. The van der Waals surface area contributed by atoms with Crippen LogP contribution in [0.15, 0.2) is 24.3 Å². The van der Waals surface area contributed by atoms with Crippen LogP contribution in [0, 0.1) is 0 Å². The molecule has 0 aliphatic heterocycles. The minimum atomic E-state index is -0.843. The number of amides is 1. The van der Waals surface area contributed by atoms with E-state index in [1.54, 1.807) is 6.08 Å². The van der Waals surface area contributed by atoms with E-state index in [0.717, 1.165) is 44.9 Å². The van der Waals surface area contributed by atoms with Crippen molar-refractivity contribution < 1.29 is 24.5 Å². The van der Waals surface area contributed by atoms with Crippen molar-refractivity contribution in [2.24, 2.45) is 0 Å². The smallest absolute Gasteiger partial charge is 0.305 e. The van der Waals surface area contributed by atoms with Crippen LogP contribution in [0.1, 0.15) is 309 Å². The Kier molecular flexibility index (Phi) is 52.6. The molecular formula is C58H111NO5. The molecule has 1 amide bonds. The summed E-state index contributed by atoms with van der Waals surface area (Å²) in [6.45, 7) is 4.88. The number of allylic oxidation sites excluding steroid dienone is 3. The number of esters is 1. The van der Waals surface area contributed by atoms with Gasteiger partial charge in [0, 0.05) is 12.8 Å². The van der Waals surface area contributed by atoms with Gasteiger partial charge in [-0.3, -0.25) is 9.59 Å². The molecule has 0 fully saturated rings. The van der Waals surface area contributed by atoms with Gasteiger partial charge < -0.3 is 20.3 Å². The first-order valence-electron chi connectivity index (χ1n) is 28.6. The van der Waals surface area contributed by atoms with E-state index in [1.807, 2.05) is 6.08 Å². The van der Waals surface area contributed by atoms with E-state index in [-0.39, 0.29) is 18.5 Å². The number of unbranched alkanes of at least 4 members (excludes halogenated alkanes) is 40. The van der Waals surface area contributed by atoms with Crippen molar-refractivity contribution in [3.05, 3.63) is 24.3 Å². The molecule has 0 rings (SSSR count). The zero-order valence-electron chi connectivity index (χ0n) is 43.0. The predicted octanol–water partition coefficient (Wildman–Crippen LogP) is 17.5. The molecule has 0 bridgehead atoms. The van der Waals surface area contributed by atoms with Crippen molar-refractivity contribution in [3.8, 4) is 0 Å². The molecule has 3 N–H and O–H groups in total. The molecule has 0 aliphatic carbocycles. The van der Waals surface area contributed by atoms with Crippen molar-refractivity contribution in [2.75, 3.05) is 13.2 Å². The molecule has 2 unspecified atom stereocenters. The summed E-state index contributed by atoms with van der Waals surface area (Å²) in [6, 6.07) is -0.627. The van der Waals surface area contributed by atoms with Gasteiger partial charge in [0.15, 0.2) is 0 Å². The minimum absolute atomic E-state index is 0.00249. The van der Waals surface area contributed by atoms with Crippen LogP contribution in [0.5, 0.6) is 0 Å². The fourth-order valence-electron chi connectivity index (χ4n) is 8.81. The van der Waals surface area contributed by atoms with Gasteiger partial charge in [0.1, 0.15) is 0 Å². The van der Waals surface area contributed by atoms with Crippen LogP contribution in [0.2, 0.25) is 0 Å². The van der Waals surface area contributed by atoms with Gasteiger partial charge in [-0.2, -0.15) is 0 Å². The van der Waals surface area contributed by atoms with Gasteiger partial charge >= 0.3 is 5.97 Å². The van der Waals surface area contributed by atoms with Crippen molar-refractivity contribution in [2.45, 2.75) is 321 Å². The van der Waals surface area contributed by atoms with Gasteiger partial charge in [0.25, 0.3) is 0 Å². The van der Waals surface area contributed by atoms with Gasteiger partial charge in [0.2, 0.25) is 5.91 Å². The molecule has 64 heavy (non-hydrogen) atoms. The largest absolute Gasteiger partial charge is 0.466 e. The molecule has 0 saturated carbocycles. The zero-order valence-corrected chi connectivity index (χ0v) is 43.0. The maximum atomic E-state index is 12.4.